The van der Waals surface area contributed by atoms with Crippen molar-refractivity contribution in [3.63, 3.8) is 0 Å². The highest BCUT2D eigenvalue weighted by atomic mass is 16.5. The van der Waals surface area contributed by atoms with Crippen LogP contribution < -0.4 is 9.64 Å². The summed E-state index contributed by atoms with van der Waals surface area (Å²) in [5.41, 5.74) is 0.951. The van der Waals surface area contributed by atoms with E-state index < -0.39 is 5.97 Å². The molecule has 7 nitrogen and oxygen atoms in total. The van der Waals surface area contributed by atoms with Gasteiger partial charge in [0.1, 0.15) is 11.6 Å². The number of carbonyl (C=O) groups is 2. The van der Waals surface area contributed by atoms with Crippen LogP contribution in [0.4, 0.5) is 5.82 Å². The van der Waals surface area contributed by atoms with E-state index in [1.807, 2.05) is 34.1 Å². The number of nitrogens with zero attached hydrogens (tertiary/aromatic N) is 3. The summed E-state index contributed by atoms with van der Waals surface area (Å²) in [6, 6.07) is 12.5. The van der Waals surface area contributed by atoms with Gasteiger partial charge in [-0.2, -0.15) is 0 Å². The monoisotopic (exact) mass is 355 g/mol. The molecule has 1 aliphatic heterocycles. The minimum absolute atomic E-state index is 0.0269. The summed E-state index contributed by atoms with van der Waals surface area (Å²) in [6.07, 6.45) is 0.337. The Kier molecular flexibility index (Phi) is 5.36. The molecule has 0 unspecified atom stereocenters. The molecule has 3 rings (SSSR count). The van der Waals surface area contributed by atoms with Crippen molar-refractivity contribution < 1.29 is 19.4 Å². The number of anilines is 1. The lowest BCUT2D eigenvalue weighted by molar-refractivity contribution is -0.130. The van der Waals surface area contributed by atoms with Crippen LogP contribution in [0.25, 0.3) is 0 Å². The Morgan fingerprint density at radius 2 is 1.85 bits per heavy atom. The van der Waals surface area contributed by atoms with Crippen LogP contribution in [0.15, 0.2) is 42.5 Å². The lowest BCUT2D eigenvalue weighted by Gasteiger charge is -2.35. The maximum absolute atomic E-state index is 12.5. The number of pyridine rings is 1. The Labute approximate surface area is 151 Å². The van der Waals surface area contributed by atoms with Crippen LogP contribution >= 0.6 is 0 Å². The Hall–Kier alpha value is -3.09. The van der Waals surface area contributed by atoms with E-state index in [0.717, 1.165) is 11.3 Å². The van der Waals surface area contributed by atoms with Gasteiger partial charge in [0.05, 0.1) is 13.5 Å². The molecule has 1 aromatic heterocycles. The quantitative estimate of drug-likeness (QED) is 0.879. The standard InChI is InChI=1S/C19H21N3O4/c1-26-15-5-2-4-14(12-15)13-18(23)22-10-8-21(9-11-22)17-7-3-6-16(20-17)19(24)25/h2-7,12H,8-11,13H2,1H3,(H,24,25). The molecule has 0 bridgehead atoms. The SMILES string of the molecule is COc1cccc(CC(=O)N2CCN(c3cccc(C(=O)O)n3)CC2)c1. The van der Waals surface area contributed by atoms with Crippen LogP contribution in [0.1, 0.15) is 16.1 Å². The first-order chi connectivity index (χ1) is 12.6. The van der Waals surface area contributed by atoms with Gasteiger partial charge in [-0.25, -0.2) is 9.78 Å². The van der Waals surface area contributed by atoms with E-state index in [2.05, 4.69) is 4.98 Å². The number of aromatic nitrogens is 1. The van der Waals surface area contributed by atoms with Crippen molar-refractivity contribution in [3.8, 4) is 5.75 Å². The number of hydrogen-bond donors (Lipinski definition) is 1. The van der Waals surface area contributed by atoms with E-state index in [9.17, 15) is 9.59 Å². The van der Waals surface area contributed by atoms with E-state index in [1.165, 1.54) is 6.07 Å². The summed E-state index contributed by atoms with van der Waals surface area (Å²) in [6.45, 7) is 2.42. The minimum Gasteiger partial charge on any atom is -0.497 e. The van der Waals surface area contributed by atoms with Crippen LogP contribution in [-0.2, 0) is 11.2 Å². The molecule has 1 N–H and O–H groups in total. The minimum atomic E-state index is -1.04. The normalized spacial score (nSPS) is 14.2. The maximum atomic E-state index is 12.5. The van der Waals surface area contributed by atoms with E-state index in [4.69, 9.17) is 9.84 Å². The van der Waals surface area contributed by atoms with Crippen LogP contribution in [0.5, 0.6) is 5.75 Å². The first-order valence-electron chi connectivity index (χ1n) is 8.43. The molecule has 1 amide bonds. The molecule has 0 spiro atoms. The summed E-state index contributed by atoms with van der Waals surface area (Å²) >= 11 is 0. The molecule has 0 aliphatic carbocycles. The zero-order chi connectivity index (χ0) is 18.5. The Balaban J connectivity index is 1.58. The van der Waals surface area contributed by atoms with Crippen molar-refractivity contribution >= 4 is 17.7 Å². The summed E-state index contributed by atoms with van der Waals surface area (Å²) in [4.78, 5) is 31.6. The third kappa shape index (κ3) is 4.11. The predicted octanol–water partition coefficient (Wildman–Crippen LogP) is 1.68. The van der Waals surface area contributed by atoms with Gasteiger partial charge >= 0.3 is 5.97 Å². The fraction of sp³-hybridized carbons (Fsp3) is 0.316. The van der Waals surface area contributed by atoms with Crippen molar-refractivity contribution in [1.29, 1.82) is 0 Å². The van der Waals surface area contributed by atoms with Crippen molar-refractivity contribution in [2.24, 2.45) is 0 Å². The molecule has 1 fully saturated rings. The first kappa shape index (κ1) is 17.7. The van der Waals surface area contributed by atoms with E-state index in [-0.39, 0.29) is 11.6 Å². The number of carboxylic acid groups (broad SMARTS) is 1. The average Bonchev–Trinajstić information content (AvgIpc) is 2.68. The predicted molar refractivity (Wildman–Crippen MR) is 96.7 cm³/mol. The average molecular weight is 355 g/mol. The molecule has 2 aromatic rings. The van der Waals surface area contributed by atoms with Gasteiger partial charge in [0.15, 0.2) is 5.69 Å². The lowest BCUT2D eigenvalue weighted by atomic mass is 10.1. The number of piperazine rings is 1. The van der Waals surface area contributed by atoms with E-state index >= 15 is 0 Å². The number of rotatable bonds is 5. The smallest absolute Gasteiger partial charge is 0.354 e. The highest BCUT2D eigenvalue weighted by Gasteiger charge is 2.22. The molecule has 26 heavy (non-hydrogen) atoms. The third-order valence-corrected chi connectivity index (χ3v) is 4.40. The van der Waals surface area contributed by atoms with Gasteiger partial charge in [0.2, 0.25) is 5.91 Å². The molecule has 0 radical (unpaired) electrons. The summed E-state index contributed by atoms with van der Waals surface area (Å²) in [7, 11) is 1.60. The Bertz CT molecular complexity index is 801. The number of carbonyl (C=O) groups excluding carboxylic acids is 1. The van der Waals surface area contributed by atoms with Gasteiger partial charge in [-0.3, -0.25) is 4.79 Å². The molecule has 0 atom stereocenters. The zero-order valence-corrected chi connectivity index (χ0v) is 14.6. The molecule has 1 aliphatic rings. The molecule has 2 heterocycles. The molecular formula is C19H21N3O4. The van der Waals surface area contributed by atoms with Crippen LogP contribution in [0.2, 0.25) is 0 Å². The van der Waals surface area contributed by atoms with Crippen molar-refractivity contribution in [1.82, 2.24) is 9.88 Å². The van der Waals surface area contributed by atoms with Crippen LogP contribution in [0, 0.1) is 0 Å². The fourth-order valence-corrected chi connectivity index (χ4v) is 2.97. The van der Waals surface area contributed by atoms with Gasteiger partial charge in [-0.1, -0.05) is 18.2 Å². The fourth-order valence-electron chi connectivity index (χ4n) is 2.97. The molecule has 1 aromatic carbocycles. The van der Waals surface area contributed by atoms with Crippen molar-refractivity contribution in [3.05, 3.63) is 53.7 Å². The summed E-state index contributed by atoms with van der Waals surface area (Å²) in [5.74, 6) is 0.401. The van der Waals surface area contributed by atoms with E-state index in [1.54, 1.807) is 19.2 Å². The summed E-state index contributed by atoms with van der Waals surface area (Å²) < 4.78 is 5.19. The second-order valence-electron chi connectivity index (χ2n) is 6.08. The number of carboxylic acids is 1. The Morgan fingerprint density at radius 1 is 1.12 bits per heavy atom. The molecule has 1 saturated heterocycles. The summed E-state index contributed by atoms with van der Waals surface area (Å²) in [5, 5.41) is 9.06. The van der Waals surface area contributed by atoms with E-state index in [0.29, 0.717) is 38.4 Å². The Morgan fingerprint density at radius 3 is 2.54 bits per heavy atom. The van der Waals surface area contributed by atoms with Gasteiger partial charge in [0, 0.05) is 26.2 Å². The second kappa shape index (κ2) is 7.86. The number of hydrogen-bond acceptors (Lipinski definition) is 5. The third-order valence-electron chi connectivity index (χ3n) is 4.40. The van der Waals surface area contributed by atoms with Gasteiger partial charge < -0.3 is 19.6 Å². The lowest BCUT2D eigenvalue weighted by Crippen LogP contribution is -2.49. The molecule has 0 saturated carbocycles. The molecule has 7 heteroatoms. The number of methoxy groups -OCH3 is 1. The number of amides is 1. The zero-order valence-electron chi connectivity index (χ0n) is 14.6. The highest BCUT2D eigenvalue weighted by Crippen LogP contribution is 2.17. The number of aromatic carboxylic acids is 1. The topological polar surface area (TPSA) is 83.0 Å². The number of benzene rings is 1. The second-order valence-corrected chi connectivity index (χ2v) is 6.08. The van der Waals surface area contributed by atoms with Crippen molar-refractivity contribution in [2.75, 3.05) is 38.2 Å². The first-order valence-corrected chi connectivity index (χ1v) is 8.43. The van der Waals surface area contributed by atoms with Gasteiger partial charge in [-0.15, -0.1) is 0 Å². The van der Waals surface area contributed by atoms with Gasteiger partial charge in [0.25, 0.3) is 0 Å². The highest BCUT2D eigenvalue weighted by molar-refractivity contribution is 5.85. The maximum Gasteiger partial charge on any atom is 0.354 e. The van der Waals surface area contributed by atoms with Gasteiger partial charge in [-0.05, 0) is 29.8 Å². The largest absolute Gasteiger partial charge is 0.497 e. The molecule has 136 valence electrons. The van der Waals surface area contributed by atoms with Crippen LogP contribution in [0.3, 0.4) is 0 Å². The van der Waals surface area contributed by atoms with Crippen LogP contribution in [-0.4, -0.2) is 60.2 Å². The number of ether oxygens (including phenoxy) is 1. The van der Waals surface area contributed by atoms with Crippen molar-refractivity contribution in [2.45, 2.75) is 6.42 Å². The molecular weight excluding hydrogens is 334 g/mol.